The Morgan fingerprint density at radius 3 is 2.92 bits per heavy atom. The number of allylic oxidation sites excluding steroid dienone is 1. The lowest BCUT2D eigenvalue weighted by Gasteiger charge is -2.02. The van der Waals surface area contributed by atoms with Crippen LogP contribution in [-0.4, -0.2) is 0 Å². The number of benzene rings is 1. The van der Waals surface area contributed by atoms with Gasteiger partial charge in [-0.1, -0.05) is 22.0 Å². The number of hydrogen-bond acceptors (Lipinski definition) is 0. The van der Waals surface area contributed by atoms with Crippen LogP contribution >= 0.6 is 15.9 Å². The maximum absolute atomic E-state index is 13.2. The van der Waals surface area contributed by atoms with Gasteiger partial charge in [-0.2, -0.15) is 0 Å². The van der Waals surface area contributed by atoms with Crippen molar-refractivity contribution in [2.45, 2.75) is 19.3 Å². The Kier molecular flexibility index (Phi) is 4.16. The van der Waals surface area contributed by atoms with E-state index in [4.69, 9.17) is 0 Å². The van der Waals surface area contributed by atoms with Gasteiger partial charge in [-0.25, -0.2) is 4.39 Å². The van der Waals surface area contributed by atoms with Crippen molar-refractivity contribution in [3.63, 3.8) is 0 Å². The van der Waals surface area contributed by atoms with Gasteiger partial charge in [-0.05, 0) is 43.0 Å². The average Bonchev–Trinajstić information content (AvgIpc) is 2.11. The molecular weight excluding hydrogens is 231 g/mol. The molecule has 1 aromatic carbocycles. The third-order valence-electron chi connectivity index (χ3n) is 1.86. The number of aryl methyl sites for hydroxylation is 1. The van der Waals surface area contributed by atoms with E-state index in [1.807, 2.05) is 12.1 Å². The Morgan fingerprint density at radius 2 is 2.23 bits per heavy atom. The van der Waals surface area contributed by atoms with Gasteiger partial charge in [0, 0.05) is 4.47 Å². The van der Waals surface area contributed by atoms with E-state index in [-0.39, 0.29) is 5.82 Å². The maximum atomic E-state index is 13.2. The van der Waals surface area contributed by atoms with Crippen LogP contribution in [0.1, 0.15) is 18.4 Å². The van der Waals surface area contributed by atoms with Gasteiger partial charge in [-0.3, -0.25) is 0 Å². The molecule has 13 heavy (non-hydrogen) atoms. The molecule has 0 nitrogen and oxygen atoms in total. The maximum Gasteiger partial charge on any atom is 0.126 e. The molecule has 1 rings (SSSR count). The van der Waals surface area contributed by atoms with Crippen molar-refractivity contribution in [3.05, 3.63) is 46.7 Å². The molecule has 0 amide bonds. The molecule has 0 aliphatic carbocycles. The summed E-state index contributed by atoms with van der Waals surface area (Å²) in [6.45, 7) is 3.63. The highest BCUT2D eigenvalue weighted by Gasteiger charge is 2.01. The fraction of sp³-hybridized carbons (Fsp3) is 0.273. The summed E-state index contributed by atoms with van der Waals surface area (Å²) in [5.41, 5.74) is 0.774. The highest BCUT2D eigenvalue weighted by Crippen LogP contribution is 2.17. The largest absolute Gasteiger partial charge is 0.207 e. The van der Waals surface area contributed by atoms with E-state index in [2.05, 4.69) is 22.5 Å². The molecule has 1 aromatic rings. The molecule has 0 spiro atoms. The van der Waals surface area contributed by atoms with Crippen LogP contribution in [0, 0.1) is 5.82 Å². The Bertz CT molecular complexity index is 294. The third kappa shape index (κ3) is 3.31. The summed E-state index contributed by atoms with van der Waals surface area (Å²) in [6.07, 6.45) is 4.52. The quantitative estimate of drug-likeness (QED) is 0.551. The van der Waals surface area contributed by atoms with Gasteiger partial charge in [-0.15, -0.1) is 6.58 Å². The van der Waals surface area contributed by atoms with Gasteiger partial charge < -0.3 is 0 Å². The summed E-state index contributed by atoms with van der Waals surface area (Å²) in [5.74, 6) is -0.118. The predicted molar refractivity (Wildman–Crippen MR) is 57.2 cm³/mol. The number of rotatable bonds is 4. The van der Waals surface area contributed by atoms with E-state index in [1.54, 1.807) is 6.07 Å². The Labute approximate surface area is 86.6 Å². The van der Waals surface area contributed by atoms with E-state index in [0.717, 1.165) is 29.3 Å². The molecule has 70 valence electrons. The molecule has 0 aliphatic heterocycles. The fourth-order valence-electron chi connectivity index (χ4n) is 1.17. The molecule has 0 bridgehead atoms. The zero-order valence-corrected chi connectivity index (χ0v) is 8.98. The second-order valence-corrected chi connectivity index (χ2v) is 3.83. The first-order valence-electron chi connectivity index (χ1n) is 4.29. The van der Waals surface area contributed by atoms with Gasteiger partial charge in [0.15, 0.2) is 0 Å². The molecule has 0 N–H and O–H groups in total. The minimum atomic E-state index is -0.118. The van der Waals surface area contributed by atoms with Crippen LogP contribution in [0.25, 0.3) is 0 Å². The van der Waals surface area contributed by atoms with Crippen LogP contribution in [0.3, 0.4) is 0 Å². The molecule has 0 atom stereocenters. The monoisotopic (exact) mass is 242 g/mol. The Balaban J connectivity index is 2.64. The zero-order valence-electron chi connectivity index (χ0n) is 7.39. The van der Waals surface area contributed by atoms with Crippen molar-refractivity contribution in [2.24, 2.45) is 0 Å². The van der Waals surface area contributed by atoms with E-state index in [1.165, 1.54) is 6.07 Å². The van der Waals surface area contributed by atoms with Crippen LogP contribution in [0.2, 0.25) is 0 Å². The minimum absolute atomic E-state index is 0.118. The second-order valence-electron chi connectivity index (χ2n) is 2.92. The lowest BCUT2D eigenvalue weighted by molar-refractivity contribution is 0.604. The molecule has 0 aliphatic rings. The smallest absolute Gasteiger partial charge is 0.126 e. The van der Waals surface area contributed by atoms with Crippen LogP contribution in [0.15, 0.2) is 35.3 Å². The van der Waals surface area contributed by atoms with Gasteiger partial charge in [0.05, 0.1) is 0 Å². The molecule has 0 saturated heterocycles. The van der Waals surface area contributed by atoms with Gasteiger partial charge in [0.2, 0.25) is 0 Å². The second kappa shape index (κ2) is 5.18. The number of unbranched alkanes of at least 4 members (excludes halogenated alkanes) is 1. The third-order valence-corrected chi connectivity index (χ3v) is 2.36. The van der Waals surface area contributed by atoms with Crippen LogP contribution in [0.5, 0.6) is 0 Å². The number of halogens is 2. The highest BCUT2D eigenvalue weighted by atomic mass is 79.9. The zero-order chi connectivity index (χ0) is 9.68. The standard InChI is InChI=1S/C11H12BrF/c1-2-3-4-5-9-8-10(12)6-7-11(9)13/h2,6-8H,1,3-5H2. The molecule has 0 aromatic heterocycles. The van der Waals surface area contributed by atoms with Crippen LogP contribution in [0.4, 0.5) is 4.39 Å². The molecule has 0 heterocycles. The predicted octanol–water partition coefficient (Wildman–Crippen LogP) is 4.10. The van der Waals surface area contributed by atoms with Gasteiger partial charge >= 0.3 is 0 Å². The summed E-state index contributed by atoms with van der Waals surface area (Å²) in [4.78, 5) is 0. The van der Waals surface area contributed by atoms with E-state index in [9.17, 15) is 4.39 Å². The first-order valence-corrected chi connectivity index (χ1v) is 5.08. The fourth-order valence-corrected chi connectivity index (χ4v) is 1.58. The van der Waals surface area contributed by atoms with Gasteiger partial charge in [0.25, 0.3) is 0 Å². The highest BCUT2D eigenvalue weighted by molar-refractivity contribution is 9.10. The number of hydrogen-bond donors (Lipinski definition) is 0. The van der Waals surface area contributed by atoms with E-state index < -0.39 is 0 Å². The Morgan fingerprint density at radius 1 is 1.46 bits per heavy atom. The molecule has 0 saturated carbocycles. The lowest BCUT2D eigenvalue weighted by Crippen LogP contribution is -1.90. The van der Waals surface area contributed by atoms with Crippen LogP contribution < -0.4 is 0 Å². The Hall–Kier alpha value is -0.630. The summed E-state index contributed by atoms with van der Waals surface area (Å²) >= 11 is 3.32. The van der Waals surface area contributed by atoms with Crippen molar-refractivity contribution in [1.82, 2.24) is 0 Å². The van der Waals surface area contributed by atoms with Crippen LogP contribution in [-0.2, 0) is 6.42 Å². The van der Waals surface area contributed by atoms with Crippen molar-refractivity contribution in [1.29, 1.82) is 0 Å². The molecule has 0 radical (unpaired) electrons. The summed E-state index contributed by atoms with van der Waals surface area (Å²) in [6, 6.07) is 5.04. The van der Waals surface area contributed by atoms with Crippen molar-refractivity contribution in [2.75, 3.05) is 0 Å². The van der Waals surface area contributed by atoms with Crippen molar-refractivity contribution < 1.29 is 4.39 Å². The first-order chi connectivity index (χ1) is 6.24. The summed E-state index contributed by atoms with van der Waals surface area (Å²) in [7, 11) is 0. The average molecular weight is 243 g/mol. The van der Waals surface area contributed by atoms with Crippen molar-refractivity contribution >= 4 is 15.9 Å². The first kappa shape index (κ1) is 10.5. The molecule has 2 heteroatoms. The normalized spacial score (nSPS) is 10.0. The minimum Gasteiger partial charge on any atom is -0.207 e. The van der Waals surface area contributed by atoms with E-state index in [0.29, 0.717) is 0 Å². The summed E-state index contributed by atoms with van der Waals surface area (Å²) in [5, 5.41) is 0. The molecule has 0 fully saturated rings. The SMILES string of the molecule is C=CCCCc1cc(Br)ccc1F. The van der Waals surface area contributed by atoms with Crippen molar-refractivity contribution in [3.8, 4) is 0 Å². The lowest BCUT2D eigenvalue weighted by atomic mass is 10.1. The topological polar surface area (TPSA) is 0 Å². The van der Waals surface area contributed by atoms with Gasteiger partial charge in [0.1, 0.15) is 5.82 Å². The summed E-state index contributed by atoms with van der Waals surface area (Å²) < 4.78 is 14.1. The molecule has 0 unspecified atom stereocenters. The van der Waals surface area contributed by atoms with E-state index >= 15 is 0 Å². The molecular formula is C11H12BrF.